The lowest BCUT2D eigenvalue weighted by atomic mass is 10.1. The lowest BCUT2D eigenvalue weighted by Crippen LogP contribution is -2.48. The van der Waals surface area contributed by atoms with Crippen LogP contribution >= 0.6 is 15.9 Å². The van der Waals surface area contributed by atoms with Crippen LogP contribution in [0.1, 0.15) is 20.7 Å². The van der Waals surface area contributed by atoms with Crippen molar-refractivity contribution in [3.8, 4) is 5.75 Å². The van der Waals surface area contributed by atoms with E-state index in [0.29, 0.717) is 4.47 Å². The molecule has 0 aromatic heterocycles. The average molecular weight is 542 g/mol. The molecular formula is C25H20BrNO8. The molecule has 0 heterocycles. The van der Waals surface area contributed by atoms with E-state index < -0.39 is 36.0 Å². The van der Waals surface area contributed by atoms with E-state index in [2.05, 4.69) is 21.2 Å². The molecule has 0 aliphatic rings. The number of benzene rings is 3. The first kappa shape index (κ1) is 25.4. The third kappa shape index (κ3) is 6.67. The number of ether oxygens (including phenoxy) is 3. The summed E-state index contributed by atoms with van der Waals surface area (Å²) in [6.45, 7) is 0. The molecule has 3 rings (SSSR count). The molecule has 0 saturated heterocycles. The van der Waals surface area contributed by atoms with Crippen molar-refractivity contribution in [1.29, 1.82) is 0 Å². The smallest absolute Gasteiger partial charge is 0.349 e. The fourth-order valence-corrected chi connectivity index (χ4v) is 3.35. The lowest BCUT2D eigenvalue weighted by molar-refractivity contribution is -0.157. The van der Waals surface area contributed by atoms with Crippen molar-refractivity contribution in [1.82, 2.24) is 0 Å². The maximum Gasteiger partial charge on any atom is 0.349 e. The Balaban J connectivity index is 1.94. The second-order valence-corrected chi connectivity index (χ2v) is 7.97. The summed E-state index contributed by atoms with van der Waals surface area (Å²) in [7, 11) is 1.38. The molecule has 35 heavy (non-hydrogen) atoms. The Hall–Kier alpha value is -4.18. The fourth-order valence-electron chi connectivity index (χ4n) is 2.99. The Morgan fingerprint density at radius 1 is 0.800 bits per heavy atom. The van der Waals surface area contributed by atoms with Crippen LogP contribution in [0.4, 0.5) is 5.69 Å². The van der Waals surface area contributed by atoms with Gasteiger partial charge in [0.25, 0.3) is 5.91 Å². The molecule has 10 heteroatoms. The number of esters is 2. The van der Waals surface area contributed by atoms with Crippen LogP contribution in [0.2, 0.25) is 0 Å². The van der Waals surface area contributed by atoms with Gasteiger partial charge < -0.3 is 24.6 Å². The topological polar surface area (TPSA) is 128 Å². The van der Waals surface area contributed by atoms with E-state index in [9.17, 15) is 24.3 Å². The summed E-state index contributed by atoms with van der Waals surface area (Å²) in [6.07, 6.45) is -4.18. The third-order valence-corrected chi connectivity index (χ3v) is 5.18. The van der Waals surface area contributed by atoms with Crippen LogP contribution in [0.25, 0.3) is 0 Å². The van der Waals surface area contributed by atoms with E-state index >= 15 is 0 Å². The third-order valence-electron chi connectivity index (χ3n) is 4.68. The lowest BCUT2D eigenvalue weighted by Gasteiger charge is -2.24. The number of halogens is 1. The molecule has 9 nitrogen and oxygen atoms in total. The normalized spacial score (nSPS) is 12.1. The molecule has 1 amide bonds. The molecule has 3 aromatic rings. The summed E-state index contributed by atoms with van der Waals surface area (Å²) >= 11 is 3.28. The maximum atomic E-state index is 13.2. The number of carbonyl (C=O) groups excluding carboxylic acids is 3. The molecule has 0 aliphatic heterocycles. The zero-order valence-corrected chi connectivity index (χ0v) is 19.9. The van der Waals surface area contributed by atoms with Crippen LogP contribution in [0, 0.1) is 0 Å². The minimum atomic E-state index is -2.14. The van der Waals surface area contributed by atoms with Crippen LogP contribution < -0.4 is 10.1 Å². The second-order valence-electron chi connectivity index (χ2n) is 7.06. The zero-order chi connectivity index (χ0) is 25.4. The fraction of sp³-hybridized carbons (Fsp3) is 0.120. The van der Waals surface area contributed by atoms with E-state index in [1.54, 1.807) is 48.5 Å². The molecule has 180 valence electrons. The SMILES string of the molecule is COc1ccc(Br)cc1NC(=O)[C@@H](OC(=O)c1ccccc1)[C@@H](OC(=O)c1ccccc1)C(=O)O. The maximum absolute atomic E-state index is 13.2. The number of carboxylic acids is 1. The van der Waals surface area contributed by atoms with Gasteiger partial charge in [-0.2, -0.15) is 0 Å². The Kier molecular flexibility index (Phi) is 8.58. The van der Waals surface area contributed by atoms with Crippen LogP contribution in [0.5, 0.6) is 5.75 Å². The Morgan fingerprint density at radius 3 is 1.80 bits per heavy atom. The van der Waals surface area contributed by atoms with E-state index in [-0.39, 0.29) is 22.6 Å². The number of hydrogen-bond donors (Lipinski definition) is 2. The number of hydrogen-bond acceptors (Lipinski definition) is 7. The molecule has 0 fully saturated rings. The zero-order valence-electron chi connectivity index (χ0n) is 18.3. The van der Waals surface area contributed by atoms with Crippen LogP contribution in [0.3, 0.4) is 0 Å². The van der Waals surface area contributed by atoms with Crippen LogP contribution in [0.15, 0.2) is 83.3 Å². The molecule has 2 atom stereocenters. The van der Waals surface area contributed by atoms with Crippen molar-refractivity contribution in [3.63, 3.8) is 0 Å². The van der Waals surface area contributed by atoms with Gasteiger partial charge >= 0.3 is 17.9 Å². The summed E-state index contributed by atoms with van der Waals surface area (Å²) < 4.78 is 16.2. The molecule has 0 bridgehead atoms. The molecule has 3 aromatic carbocycles. The molecule has 2 N–H and O–H groups in total. The van der Waals surface area contributed by atoms with Gasteiger partial charge in [-0.25, -0.2) is 14.4 Å². The number of carboxylic acid groups (broad SMARTS) is 1. The number of rotatable bonds is 9. The first-order chi connectivity index (χ1) is 16.8. The second kappa shape index (κ2) is 11.8. The molecular weight excluding hydrogens is 522 g/mol. The number of anilines is 1. The standard InChI is InChI=1S/C25H20BrNO8/c1-33-19-13-12-17(26)14-18(19)27-22(28)20(34-24(31)15-8-4-2-5-9-15)21(23(29)30)35-25(32)16-10-6-3-7-11-16/h2-14,20-21H,1H3,(H,27,28)(H,29,30)/t20-,21+/m0/s1. The summed E-state index contributed by atoms with van der Waals surface area (Å²) in [4.78, 5) is 50.6. The van der Waals surface area contributed by atoms with Gasteiger partial charge in [-0.15, -0.1) is 0 Å². The summed E-state index contributed by atoms with van der Waals surface area (Å²) in [5.74, 6) is -4.45. The van der Waals surface area contributed by atoms with Crippen molar-refractivity contribution in [3.05, 3.63) is 94.5 Å². The van der Waals surface area contributed by atoms with Crippen molar-refractivity contribution in [2.45, 2.75) is 12.2 Å². The molecule has 0 aliphatic carbocycles. The van der Waals surface area contributed by atoms with Gasteiger partial charge in [-0.3, -0.25) is 4.79 Å². The minimum Gasteiger partial charge on any atom is -0.495 e. The molecule has 0 radical (unpaired) electrons. The van der Waals surface area contributed by atoms with Gasteiger partial charge in [0.05, 0.1) is 23.9 Å². The first-order valence-electron chi connectivity index (χ1n) is 10.2. The average Bonchev–Trinajstić information content (AvgIpc) is 2.86. The largest absolute Gasteiger partial charge is 0.495 e. The van der Waals surface area contributed by atoms with Crippen LogP contribution in [-0.4, -0.2) is 48.2 Å². The molecule has 0 unspecified atom stereocenters. The summed E-state index contributed by atoms with van der Waals surface area (Å²) in [5, 5.41) is 12.3. The first-order valence-corrected chi connectivity index (χ1v) is 11.0. The van der Waals surface area contributed by atoms with E-state index in [1.807, 2.05) is 0 Å². The number of carbonyl (C=O) groups is 4. The summed E-state index contributed by atoms with van der Waals surface area (Å²) in [6, 6.07) is 20.0. The van der Waals surface area contributed by atoms with E-state index in [1.165, 1.54) is 37.4 Å². The number of methoxy groups -OCH3 is 1. The van der Waals surface area contributed by atoms with Gasteiger partial charge in [0.1, 0.15) is 5.75 Å². The van der Waals surface area contributed by atoms with Gasteiger partial charge in [0, 0.05) is 4.47 Å². The van der Waals surface area contributed by atoms with Crippen molar-refractivity contribution in [2.24, 2.45) is 0 Å². The predicted octanol–water partition coefficient (Wildman–Crippen LogP) is 3.93. The van der Waals surface area contributed by atoms with Crippen LogP contribution in [-0.2, 0) is 19.1 Å². The predicted molar refractivity (Wildman–Crippen MR) is 128 cm³/mol. The van der Waals surface area contributed by atoms with Gasteiger partial charge in [-0.05, 0) is 42.5 Å². The molecule has 0 saturated carbocycles. The van der Waals surface area contributed by atoms with Gasteiger partial charge in [-0.1, -0.05) is 52.3 Å². The van der Waals surface area contributed by atoms with E-state index in [0.717, 1.165) is 0 Å². The van der Waals surface area contributed by atoms with Crippen molar-refractivity contribution >= 4 is 45.4 Å². The number of nitrogens with one attached hydrogen (secondary N) is 1. The Morgan fingerprint density at radius 2 is 1.31 bits per heavy atom. The monoisotopic (exact) mass is 541 g/mol. The van der Waals surface area contributed by atoms with Crippen molar-refractivity contribution < 1.29 is 38.5 Å². The quantitative estimate of drug-likeness (QED) is 0.390. The minimum absolute atomic E-state index is 0.0564. The van der Waals surface area contributed by atoms with Gasteiger partial charge in [0.2, 0.25) is 12.2 Å². The van der Waals surface area contributed by atoms with Gasteiger partial charge in [0.15, 0.2) is 0 Å². The number of aliphatic carboxylic acids is 1. The van der Waals surface area contributed by atoms with E-state index in [4.69, 9.17) is 14.2 Å². The molecule has 0 spiro atoms. The highest BCUT2D eigenvalue weighted by molar-refractivity contribution is 9.10. The Bertz CT molecular complexity index is 1220. The summed E-state index contributed by atoms with van der Waals surface area (Å²) in [5.41, 5.74) is 0.302. The highest BCUT2D eigenvalue weighted by Gasteiger charge is 2.41. The van der Waals surface area contributed by atoms with Crippen molar-refractivity contribution in [2.75, 3.05) is 12.4 Å². The Labute approximate surface area is 208 Å². The highest BCUT2D eigenvalue weighted by atomic mass is 79.9. The highest BCUT2D eigenvalue weighted by Crippen LogP contribution is 2.28. The number of amides is 1.